The van der Waals surface area contributed by atoms with Gasteiger partial charge >= 0.3 is 5.97 Å². The van der Waals surface area contributed by atoms with Crippen LogP contribution in [0, 0.1) is 0 Å². The number of Topliss-reactive ketones (excluding diaryl/α,β-unsaturated/α-hetero) is 1. The molecule has 0 radical (unpaired) electrons. The largest absolute Gasteiger partial charge is 0.477 e. The molecule has 0 aliphatic carbocycles. The van der Waals surface area contributed by atoms with Crippen molar-refractivity contribution in [1.82, 2.24) is 4.98 Å². The second-order valence-electron chi connectivity index (χ2n) is 3.87. The number of aromatic carboxylic acids is 1. The van der Waals surface area contributed by atoms with Crippen molar-refractivity contribution in [2.75, 3.05) is 6.61 Å². The molecule has 0 spiro atoms. The van der Waals surface area contributed by atoms with Crippen LogP contribution in [-0.2, 0) is 4.74 Å². The predicted octanol–water partition coefficient (Wildman–Crippen LogP) is 1.46. The summed E-state index contributed by atoms with van der Waals surface area (Å²) in [4.78, 5) is 24.9. The minimum absolute atomic E-state index is 0.00400. The van der Waals surface area contributed by atoms with Crippen LogP contribution in [0.4, 0.5) is 0 Å². The number of carbonyl (C=O) groups is 2. The summed E-state index contributed by atoms with van der Waals surface area (Å²) in [7, 11) is 0. The fourth-order valence-electron chi connectivity index (χ4n) is 1.81. The van der Waals surface area contributed by atoms with Gasteiger partial charge in [0.1, 0.15) is 5.69 Å². The van der Waals surface area contributed by atoms with Crippen LogP contribution in [0.15, 0.2) is 12.3 Å². The van der Waals surface area contributed by atoms with Crippen LogP contribution in [0.25, 0.3) is 0 Å². The zero-order valence-electron chi connectivity index (χ0n) is 8.73. The summed E-state index contributed by atoms with van der Waals surface area (Å²) in [5.74, 6) is -1.13. The van der Waals surface area contributed by atoms with Crippen molar-refractivity contribution in [2.24, 2.45) is 0 Å². The lowest BCUT2D eigenvalue weighted by molar-refractivity contribution is 0.0691. The van der Waals surface area contributed by atoms with Gasteiger partial charge in [0.15, 0.2) is 5.78 Å². The molecule has 86 valence electrons. The Morgan fingerprint density at radius 1 is 1.56 bits per heavy atom. The molecule has 2 N–H and O–H groups in total. The molecular formula is C11H13NO4. The highest BCUT2D eigenvalue weighted by molar-refractivity contribution is 5.98. The SMILES string of the molecule is O=C(CC1CCCO1)c1c[nH]c(C(=O)O)c1. The molecule has 5 heteroatoms. The summed E-state index contributed by atoms with van der Waals surface area (Å²) >= 11 is 0. The number of carboxylic acid groups (broad SMARTS) is 1. The van der Waals surface area contributed by atoms with E-state index in [0.29, 0.717) is 18.6 Å². The first-order valence-corrected chi connectivity index (χ1v) is 5.23. The molecule has 1 unspecified atom stereocenters. The molecule has 1 saturated heterocycles. The Balaban J connectivity index is 1.99. The first-order valence-electron chi connectivity index (χ1n) is 5.23. The third kappa shape index (κ3) is 2.30. The number of aromatic amines is 1. The number of rotatable bonds is 4. The van der Waals surface area contributed by atoms with Gasteiger partial charge in [0, 0.05) is 24.8 Å². The number of ketones is 1. The second kappa shape index (κ2) is 4.49. The van der Waals surface area contributed by atoms with Crippen molar-refractivity contribution in [3.05, 3.63) is 23.5 Å². The van der Waals surface area contributed by atoms with Crippen molar-refractivity contribution in [3.63, 3.8) is 0 Å². The van der Waals surface area contributed by atoms with Crippen molar-refractivity contribution in [1.29, 1.82) is 0 Å². The molecule has 0 aromatic carbocycles. The number of nitrogens with one attached hydrogen (secondary N) is 1. The van der Waals surface area contributed by atoms with E-state index in [1.54, 1.807) is 0 Å². The molecule has 1 fully saturated rings. The summed E-state index contributed by atoms with van der Waals surface area (Å²) < 4.78 is 5.35. The topological polar surface area (TPSA) is 79.4 Å². The molecule has 1 aromatic heterocycles. The standard InChI is InChI=1S/C11H13NO4/c13-10(5-8-2-1-3-16-8)7-4-9(11(14)15)12-6-7/h4,6,8,12H,1-3,5H2,(H,14,15). The Labute approximate surface area is 92.4 Å². The summed E-state index contributed by atoms with van der Waals surface area (Å²) in [5.41, 5.74) is 0.448. The number of ether oxygens (including phenoxy) is 1. The summed E-state index contributed by atoms with van der Waals surface area (Å²) in [6.45, 7) is 0.714. The second-order valence-corrected chi connectivity index (χ2v) is 3.87. The predicted molar refractivity (Wildman–Crippen MR) is 55.7 cm³/mol. The fraction of sp³-hybridized carbons (Fsp3) is 0.455. The lowest BCUT2D eigenvalue weighted by Gasteiger charge is -2.06. The van der Waals surface area contributed by atoms with E-state index in [1.165, 1.54) is 12.3 Å². The van der Waals surface area contributed by atoms with Gasteiger partial charge in [0.25, 0.3) is 0 Å². The van der Waals surface area contributed by atoms with Crippen LogP contribution in [0.5, 0.6) is 0 Å². The first-order chi connectivity index (χ1) is 7.66. The van der Waals surface area contributed by atoms with E-state index < -0.39 is 5.97 Å². The van der Waals surface area contributed by atoms with Gasteiger partial charge in [-0.3, -0.25) is 4.79 Å². The Bertz CT molecular complexity index is 404. The van der Waals surface area contributed by atoms with E-state index in [4.69, 9.17) is 9.84 Å². The fourth-order valence-corrected chi connectivity index (χ4v) is 1.81. The van der Waals surface area contributed by atoms with Crippen LogP contribution in [0.1, 0.15) is 40.1 Å². The Hall–Kier alpha value is -1.62. The lowest BCUT2D eigenvalue weighted by atomic mass is 10.1. The Kier molecular flexibility index (Phi) is 3.05. The molecule has 0 bridgehead atoms. The Morgan fingerprint density at radius 3 is 2.94 bits per heavy atom. The maximum Gasteiger partial charge on any atom is 0.352 e. The summed E-state index contributed by atoms with van der Waals surface area (Å²) in [6.07, 6.45) is 3.65. The van der Waals surface area contributed by atoms with Gasteiger partial charge in [-0.05, 0) is 18.9 Å². The zero-order valence-corrected chi connectivity index (χ0v) is 8.73. The molecule has 1 aromatic rings. The minimum Gasteiger partial charge on any atom is -0.477 e. The summed E-state index contributed by atoms with van der Waals surface area (Å²) in [5, 5.41) is 8.70. The third-order valence-corrected chi connectivity index (χ3v) is 2.67. The molecule has 2 heterocycles. The normalized spacial score (nSPS) is 19.9. The van der Waals surface area contributed by atoms with Crippen LogP contribution >= 0.6 is 0 Å². The molecule has 0 saturated carbocycles. The van der Waals surface area contributed by atoms with Crippen molar-refractivity contribution in [3.8, 4) is 0 Å². The number of H-pyrrole nitrogens is 1. The van der Waals surface area contributed by atoms with Crippen LogP contribution < -0.4 is 0 Å². The van der Waals surface area contributed by atoms with Crippen molar-refractivity contribution < 1.29 is 19.4 Å². The van der Waals surface area contributed by atoms with Crippen molar-refractivity contribution in [2.45, 2.75) is 25.4 Å². The van der Waals surface area contributed by atoms with E-state index in [-0.39, 0.29) is 17.6 Å². The molecular weight excluding hydrogens is 210 g/mol. The average Bonchev–Trinajstić information content (AvgIpc) is 2.86. The zero-order chi connectivity index (χ0) is 11.5. The van der Waals surface area contributed by atoms with Gasteiger partial charge in [0.05, 0.1) is 6.10 Å². The lowest BCUT2D eigenvalue weighted by Crippen LogP contribution is -2.12. The molecule has 1 atom stereocenters. The number of hydrogen-bond donors (Lipinski definition) is 2. The number of carboxylic acids is 1. The van der Waals surface area contributed by atoms with Gasteiger partial charge in [-0.2, -0.15) is 0 Å². The first kappa shape index (κ1) is 10.9. The molecule has 5 nitrogen and oxygen atoms in total. The van der Waals surface area contributed by atoms with Crippen LogP contribution in [0.2, 0.25) is 0 Å². The quantitative estimate of drug-likeness (QED) is 0.757. The highest BCUT2D eigenvalue weighted by Gasteiger charge is 2.21. The van der Waals surface area contributed by atoms with Gasteiger partial charge in [-0.15, -0.1) is 0 Å². The van der Waals surface area contributed by atoms with E-state index in [0.717, 1.165) is 12.8 Å². The third-order valence-electron chi connectivity index (χ3n) is 2.67. The van der Waals surface area contributed by atoms with E-state index >= 15 is 0 Å². The van der Waals surface area contributed by atoms with E-state index in [9.17, 15) is 9.59 Å². The van der Waals surface area contributed by atoms with Crippen LogP contribution in [-0.4, -0.2) is 34.6 Å². The number of carbonyl (C=O) groups excluding carboxylic acids is 1. The highest BCUT2D eigenvalue weighted by atomic mass is 16.5. The van der Waals surface area contributed by atoms with Gasteiger partial charge in [-0.25, -0.2) is 4.79 Å². The van der Waals surface area contributed by atoms with E-state index in [2.05, 4.69) is 4.98 Å². The maximum atomic E-state index is 11.7. The summed E-state index contributed by atoms with van der Waals surface area (Å²) in [6, 6.07) is 1.36. The molecule has 16 heavy (non-hydrogen) atoms. The number of hydrogen-bond acceptors (Lipinski definition) is 3. The number of aromatic nitrogens is 1. The van der Waals surface area contributed by atoms with Gasteiger partial charge in [0.2, 0.25) is 0 Å². The van der Waals surface area contributed by atoms with Crippen LogP contribution in [0.3, 0.4) is 0 Å². The Morgan fingerprint density at radius 2 is 2.38 bits per heavy atom. The van der Waals surface area contributed by atoms with Gasteiger partial charge in [-0.1, -0.05) is 0 Å². The maximum absolute atomic E-state index is 11.7. The molecule has 1 aliphatic rings. The minimum atomic E-state index is -1.06. The average molecular weight is 223 g/mol. The molecule has 0 amide bonds. The van der Waals surface area contributed by atoms with Crippen molar-refractivity contribution >= 4 is 11.8 Å². The van der Waals surface area contributed by atoms with E-state index in [1.807, 2.05) is 0 Å². The molecule has 1 aliphatic heterocycles. The monoisotopic (exact) mass is 223 g/mol. The molecule has 2 rings (SSSR count). The van der Waals surface area contributed by atoms with Gasteiger partial charge < -0.3 is 14.8 Å². The smallest absolute Gasteiger partial charge is 0.352 e. The highest BCUT2D eigenvalue weighted by Crippen LogP contribution is 2.18.